The molecule has 0 aliphatic heterocycles. The zero-order valence-corrected chi connectivity index (χ0v) is 46.5. The first-order chi connectivity index (χ1) is 35.3. The maximum absolute atomic E-state index is 7.52. The van der Waals surface area contributed by atoms with E-state index in [1.807, 2.05) is 6.07 Å². The Morgan fingerprint density at radius 3 is 1.28 bits per heavy atom. The molecule has 0 amide bonds. The van der Waals surface area contributed by atoms with Crippen molar-refractivity contribution in [3.05, 3.63) is 97.1 Å². The number of aromatic nitrogens is 3. The summed E-state index contributed by atoms with van der Waals surface area (Å²) in [5.74, 6) is 1.80. The molecular formula is C53H50B17N3O. The molecule has 0 radical (unpaired) electrons. The number of fused-ring (bicyclic) bond motifs is 6. The number of nitrogens with zero attached hydrogens (tertiary/aromatic N) is 3. The topological polar surface area (TPSA) is 51.8 Å². The molecule has 9 aromatic carbocycles. The summed E-state index contributed by atoms with van der Waals surface area (Å²) in [7, 11) is 39.1. The van der Waals surface area contributed by atoms with Crippen LogP contribution >= 0.6 is 0 Å². The van der Waals surface area contributed by atoms with Crippen molar-refractivity contribution in [3.8, 4) is 67.5 Å². The zero-order chi connectivity index (χ0) is 52.5. The highest BCUT2D eigenvalue weighted by Crippen LogP contribution is 2.38. The molecule has 2 aromatic heterocycles. The lowest BCUT2D eigenvalue weighted by Crippen LogP contribution is -2.57. The van der Waals surface area contributed by atoms with Crippen LogP contribution < -0.4 is 92.9 Å². The van der Waals surface area contributed by atoms with E-state index in [0.29, 0.717) is 17.5 Å². The van der Waals surface area contributed by atoms with Gasteiger partial charge in [0.25, 0.3) is 0 Å². The molecule has 0 bridgehead atoms. The van der Waals surface area contributed by atoms with Crippen LogP contribution in [0.5, 0.6) is 0 Å². The minimum atomic E-state index is 0.587. The lowest BCUT2D eigenvalue weighted by atomic mass is 9.55. The molecule has 0 spiro atoms. The summed E-state index contributed by atoms with van der Waals surface area (Å²) in [5, 5.41) is 7.29. The monoisotopic (exact) mass is 932 g/mol. The number of hydrogen-bond donors (Lipinski definition) is 0. The van der Waals surface area contributed by atoms with Crippen LogP contribution in [-0.2, 0) is 0 Å². The molecule has 4 nitrogen and oxygen atoms in total. The van der Waals surface area contributed by atoms with E-state index in [0.717, 1.165) is 55.3 Å². The minimum absolute atomic E-state index is 0.587. The van der Waals surface area contributed by atoms with E-state index >= 15 is 0 Å². The van der Waals surface area contributed by atoms with Gasteiger partial charge < -0.3 is 4.42 Å². The summed E-state index contributed by atoms with van der Waals surface area (Å²) in [6, 6.07) is 34.2. The van der Waals surface area contributed by atoms with Crippen LogP contribution in [0, 0.1) is 0 Å². The maximum atomic E-state index is 7.52. The fourth-order valence-electron chi connectivity index (χ4n) is 12.7. The fourth-order valence-corrected chi connectivity index (χ4v) is 12.7. The Bertz CT molecular complexity index is 4240. The van der Waals surface area contributed by atoms with Crippen LogP contribution in [0.15, 0.2) is 101 Å². The second kappa shape index (κ2) is 18.4. The Morgan fingerprint density at radius 2 is 0.676 bits per heavy atom. The molecular weight excluding hydrogens is 878 g/mol. The first-order valence-electron chi connectivity index (χ1n) is 26.3. The largest absolute Gasteiger partial charge is 0.456 e. The van der Waals surface area contributed by atoms with Crippen molar-refractivity contribution in [1.82, 2.24) is 15.0 Å². The van der Waals surface area contributed by atoms with Gasteiger partial charge in [-0.05, 0) is 67.1 Å². The third-order valence-corrected chi connectivity index (χ3v) is 18.1. The maximum Gasteiger partial charge on any atom is 0.167 e. The highest BCUT2D eigenvalue weighted by molar-refractivity contribution is 6.74. The zero-order valence-electron chi connectivity index (χ0n) is 46.5. The smallest absolute Gasteiger partial charge is 0.167 e. The lowest BCUT2D eigenvalue weighted by Gasteiger charge is -2.29. The second-order valence-corrected chi connectivity index (χ2v) is 21.6. The van der Waals surface area contributed by atoms with E-state index in [1.54, 1.807) is 0 Å². The van der Waals surface area contributed by atoms with Gasteiger partial charge in [-0.15, -0.1) is 27.3 Å². The number of furan rings is 1. The van der Waals surface area contributed by atoms with Gasteiger partial charge in [-0.2, -0.15) is 0 Å². The molecule has 11 aromatic rings. The summed E-state index contributed by atoms with van der Waals surface area (Å²) in [6.45, 7) is 0. The minimum Gasteiger partial charge on any atom is -0.456 e. The normalized spacial score (nSPS) is 11.6. The van der Waals surface area contributed by atoms with Crippen molar-refractivity contribution in [3.63, 3.8) is 0 Å². The Labute approximate surface area is 451 Å². The van der Waals surface area contributed by atoms with Crippen molar-refractivity contribution in [2.75, 3.05) is 0 Å². The summed E-state index contributed by atoms with van der Waals surface area (Å²) in [4.78, 5) is 16.4. The Hall–Kier alpha value is -6.59. The van der Waals surface area contributed by atoms with E-state index in [9.17, 15) is 0 Å². The lowest BCUT2D eigenvalue weighted by molar-refractivity contribution is 0.673. The van der Waals surface area contributed by atoms with Crippen molar-refractivity contribution in [2.24, 2.45) is 0 Å². The van der Waals surface area contributed by atoms with Crippen LogP contribution in [0.1, 0.15) is 0 Å². The molecule has 0 saturated carbocycles. The number of benzene rings is 9. The Morgan fingerprint density at radius 1 is 0.243 bits per heavy atom. The third-order valence-electron chi connectivity index (χ3n) is 18.1. The van der Waals surface area contributed by atoms with Crippen LogP contribution in [0.25, 0.3) is 111 Å². The molecule has 0 atom stereocenters. The quantitative estimate of drug-likeness (QED) is 0.156. The third kappa shape index (κ3) is 7.41. The van der Waals surface area contributed by atoms with Crippen LogP contribution in [0.3, 0.4) is 0 Å². The Balaban J connectivity index is 1.28. The number of hydrogen-bond acceptors (Lipinski definition) is 4. The predicted molar refractivity (Wildman–Crippen MR) is 374 cm³/mol. The standard InChI is InChI=1S/C53H50B17N3O/c54-32-26(27-35(57)37(59)28(38(60)36(27)58)29-40(62)45(67)47(69)46(68)41(29)63)33(55)31(49-30(32)24-23-25(42(64)48(70)50(24)74-49)39(61)44(66)43(65)34(23)56)53-72-51(18-8-2-1-3-9-18)71-52(73-53)22-12-6-11-20(16-22)21-14-13-17-7-4-5-10-19(17)15-21/h1-16H,54-70H2. The summed E-state index contributed by atoms with van der Waals surface area (Å²) in [5.41, 5.74) is 33.9. The van der Waals surface area contributed by atoms with Crippen molar-refractivity contribution >= 4 is 270 Å². The predicted octanol–water partition coefficient (Wildman–Crippen LogP) is -15.5. The molecule has 2 heterocycles. The molecule has 0 saturated heterocycles. The summed E-state index contributed by atoms with van der Waals surface area (Å²) >= 11 is 0. The first-order valence-corrected chi connectivity index (χ1v) is 26.3. The van der Waals surface area contributed by atoms with Crippen LogP contribution in [0.2, 0.25) is 0 Å². The van der Waals surface area contributed by atoms with E-state index in [-0.39, 0.29) is 0 Å². The number of rotatable bonds is 6. The van der Waals surface area contributed by atoms with Gasteiger partial charge in [0.2, 0.25) is 0 Å². The molecule has 0 unspecified atom stereocenters. The van der Waals surface area contributed by atoms with Crippen molar-refractivity contribution in [2.45, 2.75) is 0 Å². The Kier molecular flexibility index (Phi) is 12.3. The summed E-state index contributed by atoms with van der Waals surface area (Å²) in [6.07, 6.45) is 0. The van der Waals surface area contributed by atoms with E-state index in [1.165, 1.54) is 131 Å². The van der Waals surface area contributed by atoms with Gasteiger partial charge in [0.15, 0.2) is 17.5 Å². The molecule has 21 heteroatoms. The first kappa shape index (κ1) is 49.6. The van der Waals surface area contributed by atoms with Gasteiger partial charge in [-0.1, -0.05) is 150 Å². The van der Waals surface area contributed by atoms with Gasteiger partial charge in [0.05, 0.1) is 5.56 Å². The summed E-state index contributed by atoms with van der Waals surface area (Å²) < 4.78 is 7.52. The highest BCUT2D eigenvalue weighted by Gasteiger charge is 2.30. The van der Waals surface area contributed by atoms with Crippen LogP contribution in [-0.4, -0.2) is 148 Å². The van der Waals surface area contributed by atoms with E-state index < -0.39 is 0 Å². The van der Waals surface area contributed by atoms with Gasteiger partial charge in [-0.3, -0.25) is 0 Å². The highest BCUT2D eigenvalue weighted by atomic mass is 16.3. The molecule has 0 fully saturated rings. The van der Waals surface area contributed by atoms with Crippen molar-refractivity contribution < 1.29 is 4.42 Å². The van der Waals surface area contributed by atoms with Gasteiger partial charge in [-0.25, -0.2) is 15.0 Å². The molecule has 0 N–H and O–H groups in total. The fraction of sp³-hybridized carbons (Fsp3) is 0. The van der Waals surface area contributed by atoms with Crippen molar-refractivity contribution in [1.29, 1.82) is 0 Å². The van der Waals surface area contributed by atoms with Gasteiger partial charge in [0, 0.05) is 21.9 Å². The SMILES string of the molecule is Bc1c(B)c(B)c(-c2c(B)c(B)c(-c3c(B)c(-c4nc(-c5ccccc5)nc(-c5cccc(-c6ccc7ccccc7c6)c5)n4)c4oc5c(B)c(B)c6c(B)c(B)c(B)c(B)c6c5c4c3B)c(B)c2B)c(B)c1B. The van der Waals surface area contributed by atoms with Gasteiger partial charge >= 0.3 is 0 Å². The van der Waals surface area contributed by atoms with Crippen LogP contribution in [0.4, 0.5) is 0 Å². The van der Waals surface area contributed by atoms with Gasteiger partial charge in [0.1, 0.15) is 145 Å². The molecule has 11 rings (SSSR count). The second-order valence-electron chi connectivity index (χ2n) is 21.6. The van der Waals surface area contributed by atoms with E-state index in [4.69, 9.17) is 19.4 Å². The average Bonchev–Trinajstić information content (AvgIpc) is 3.81. The molecule has 334 valence electrons. The molecule has 74 heavy (non-hydrogen) atoms. The van der Waals surface area contributed by atoms with E-state index in [2.05, 4.69) is 224 Å². The molecule has 0 aliphatic carbocycles. The average molecular weight is 929 g/mol. The molecule has 0 aliphatic rings.